The fourth-order valence-corrected chi connectivity index (χ4v) is 3.82. The highest BCUT2D eigenvalue weighted by Crippen LogP contribution is 2.55. The van der Waals surface area contributed by atoms with Crippen molar-refractivity contribution in [3.63, 3.8) is 0 Å². The van der Waals surface area contributed by atoms with Gasteiger partial charge in [-0.05, 0) is 48.1 Å². The quantitative estimate of drug-likeness (QED) is 0.473. The van der Waals surface area contributed by atoms with Gasteiger partial charge >= 0.3 is 6.18 Å². The van der Waals surface area contributed by atoms with E-state index in [9.17, 15) is 13.2 Å². The predicted molar refractivity (Wildman–Crippen MR) is 94.8 cm³/mol. The SMILES string of the molecule is FC(F)(F)c1ccc2cc(C3CC3c3cc(Cl)nn4ccnc34)ccc2n1. The van der Waals surface area contributed by atoms with Crippen molar-refractivity contribution >= 4 is 28.2 Å². The number of benzene rings is 1. The Hall–Kier alpha value is -2.67. The van der Waals surface area contributed by atoms with Gasteiger partial charge in [0.15, 0.2) is 5.65 Å². The van der Waals surface area contributed by atoms with Crippen LogP contribution in [-0.2, 0) is 6.18 Å². The van der Waals surface area contributed by atoms with Gasteiger partial charge < -0.3 is 0 Å². The van der Waals surface area contributed by atoms with E-state index in [0.29, 0.717) is 16.1 Å². The molecule has 136 valence electrons. The molecule has 3 aromatic heterocycles. The molecule has 0 saturated heterocycles. The highest BCUT2D eigenvalue weighted by molar-refractivity contribution is 6.29. The standard InChI is InChI=1S/C19H12ClF3N4/c20-17-9-14(18-24-5-6-27(18)26-17)13-8-12(13)10-1-3-15-11(7-10)2-4-16(25-15)19(21,22)23/h1-7,9,12-13H,8H2. The van der Waals surface area contributed by atoms with Gasteiger partial charge in [-0.15, -0.1) is 0 Å². The lowest BCUT2D eigenvalue weighted by Crippen LogP contribution is -2.07. The maximum atomic E-state index is 12.8. The average Bonchev–Trinajstić information content (AvgIpc) is 3.29. The number of hydrogen-bond acceptors (Lipinski definition) is 3. The Kier molecular flexibility index (Phi) is 3.46. The first kappa shape index (κ1) is 16.5. The molecule has 5 rings (SSSR count). The van der Waals surface area contributed by atoms with Crippen molar-refractivity contribution in [1.29, 1.82) is 0 Å². The summed E-state index contributed by atoms with van der Waals surface area (Å²) >= 11 is 6.12. The number of alkyl halides is 3. The summed E-state index contributed by atoms with van der Waals surface area (Å²) in [5.41, 5.74) is 2.36. The highest BCUT2D eigenvalue weighted by Gasteiger charge is 2.41. The number of pyridine rings is 1. The van der Waals surface area contributed by atoms with Gasteiger partial charge in [0.2, 0.25) is 0 Å². The molecule has 8 heteroatoms. The van der Waals surface area contributed by atoms with Gasteiger partial charge in [0.1, 0.15) is 10.8 Å². The third-order valence-corrected chi connectivity index (χ3v) is 5.16. The Balaban J connectivity index is 1.49. The van der Waals surface area contributed by atoms with Gasteiger partial charge in [0, 0.05) is 23.3 Å². The van der Waals surface area contributed by atoms with Crippen molar-refractivity contribution in [3.8, 4) is 0 Å². The zero-order valence-electron chi connectivity index (χ0n) is 13.8. The molecule has 0 spiro atoms. The Labute approximate surface area is 156 Å². The van der Waals surface area contributed by atoms with Gasteiger partial charge in [-0.2, -0.15) is 18.3 Å². The van der Waals surface area contributed by atoms with Crippen LogP contribution in [0.15, 0.2) is 48.8 Å². The van der Waals surface area contributed by atoms with Crippen LogP contribution >= 0.6 is 11.6 Å². The van der Waals surface area contributed by atoms with Gasteiger partial charge in [0.25, 0.3) is 0 Å². The third-order valence-electron chi connectivity index (χ3n) is 4.98. The van der Waals surface area contributed by atoms with Crippen molar-refractivity contribution in [2.45, 2.75) is 24.4 Å². The minimum absolute atomic E-state index is 0.259. The maximum absolute atomic E-state index is 12.8. The lowest BCUT2D eigenvalue weighted by molar-refractivity contribution is -0.140. The van der Waals surface area contributed by atoms with Crippen LogP contribution in [0.25, 0.3) is 16.6 Å². The molecule has 4 aromatic rings. The van der Waals surface area contributed by atoms with Crippen LogP contribution in [0.3, 0.4) is 0 Å². The summed E-state index contributed by atoms with van der Waals surface area (Å²) < 4.78 is 40.1. The summed E-state index contributed by atoms with van der Waals surface area (Å²) in [5.74, 6) is 0.533. The van der Waals surface area contributed by atoms with Crippen LogP contribution in [0.2, 0.25) is 5.15 Å². The molecule has 0 bridgehead atoms. The lowest BCUT2D eigenvalue weighted by Gasteiger charge is -2.08. The van der Waals surface area contributed by atoms with E-state index in [4.69, 9.17) is 11.6 Å². The molecule has 3 heterocycles. The van der Waals surface area contributed by atoms with Crippen molar-refractivity contribution in [1.82, 2.24) is 19.6 Å². The molecule has 27 heavy (non-hydrogen) atoms. The molecular formula is C19H12ClF3N4. The smallest absolute Gasteiger partial charge is 0.243 e. The molecular weight excluding hydrogens is 377 g/mol. The normalized spacial score (nSPS) is 19.7. The van der Waals surface area contributed by atoms with Crippen LogP contribution in [0, 0.1) is 0 Å². The summed E-state index contributed by atoms with van der Waals surface area (Å²) in [6, 6.07) is 9.76. The number of imidazole rings is 1. The molecule has 1 aliphatic carbocycles. The van der Waals surface area contributed by atoms with E-state index >= 15 is 0 Å². The van der Waals surface area contributed by atoms with Gasteiger partial charge in [-0.1, -0.05) is 23.7 Å². The van der Waals surface area contributed by atoms with Gasteiger partial charge in [0.05, 0.1) is 5.52 Å². The first-order valence-corrected chi connectivity index (χ1v) is 8.75. The van der Waals surface area contributed by atoms with E-state index in [-0.39, 0.29) is 11.8 Å². The van der Waals surface area contributed by atoms with E-state index < -0.39 is 11.9 Å². The maximum Gasteiger partial charge on any atom is 0.433 e. The van der Waals surface area contributed by atoms with Gasteiger partial charge in [-0.25, -0.2) is 14.5 Å². The average molecular weight is 389 g/mol. The van der Waals surface area contributed by atoms with E-state index in [0.717, 1.165) is 29.3 Å². The van der Waals surface area contributed by atoms with Crippen molar-refractivity contribution in [2.24, 2.45) is 0 Å². The van der Waals surface area contributed by atoms with Crippen molar-refractivity contribution in [3.05, 3.63) is 70.8 Å². The summed E-state index contributed by atoms with van der Waals surface area (Å²) in [6.45, 7) is 0. The summed E-state index contributed by atoms with van der Waals surface area (Å²) in [5, 5.41) is 5.30. The van der Waals surface area contributed by atoms with Crippen LogP contribution in [0.5, 0.6) is 0 Å². The van der Waals surface area contributed by atoms with Crippen LogP contribution in [0.1, 0.15) is 35.1 Å². The Morgan fingerprint density at radius 1 is 1.07 bits per heavy atom. The molecule has 0 radical (unpaired) electrons. The summed E-state index contributed by atoms with van der Waals surface area (Å²) in [7, 11) is 0. The Morgan fingerprint density at radius 2 is 1.93 bits per heavy atom. The number of halogens is 4. The third kappa shape index (κ3) is 2.82. The lowest BCUT2D eigenvalue weighted by atomic mass is 10.0. The molecule has 1 aromatic carbocycles. The van der Waals surface area contributed by atoms with Crippen LogP contribution in [0.4, 0.5) is 13.2 Å². The second-order valence-corrected chi connectivity index (χ2v) is 7.10. The Morgan fingerprint density at radius 3 is 2.74 bits per heavy atom. The summed E-state index contributed by atoms with van der Waals surface area (Å²) in [4.78, 5) is 8.08. The number of rotatable bonds is 2. The zero-order valence-corrected chi connectivity index (χ0v) is 14.5. The summed E-state index contributed by atoms with van der Waals surface area (Å²) in [6.07, 6.45) is -0.0748. The molecule has 4 nitrogen and oxygen atoms in total. The molecule has 0 N–H and O–H groups in total. The molecule has 2 atom stereocenters. The van der Waals surface area contributed by atoms with E-state index in [1.807, 2.05) is 18.2 Å². The Bertz CT molecular complexity index is 1180. The minimum Gasteiger partial charge on any atom is -0.243 e. The number of aromatic nitrogens is 4. The first-order valence-electron chi connectivity index (χ1n) is 8.38. The second kappa shape index (κ2) is 5.66. The topological polar surface area (TPSA) is 43.1 Å². The highest BCUT2D eigenvalue weighted by atomic mass is 35.5. The van der Waals surface area contributed by atoms with Crippen LogP contribution in [-0.4, -0.2) is 19.6 Å². The van der Waals surface area contributed by atoms with Crippen molar-refractivity contribution in [2.75, 3.05) is 0 Å². The van der Waals surface area contributed by atoms with E-state index in [1.165, 1.54) is 6.07 Å². The molecule has 0 amide bonds. The molecule has 0 aliphatic heterocycles. The fraction of sp³-hybridized carbons (Fsp3) is 0.211. The van der Waals surface area contributed by atoms with Crippen molar-refractivity contribution < 1.29 is 13.2 Å². The van der Waals surface area contributed by atoms with Gasteiger partial charge in [-0.3, -0.25) is 0 Å². The second-order valence-electron chi connectivity index (χ2n) is 6.71. The molecule has 1 fully saturated rings. The number of hydrogen-bond donors (Lipinski definition) is 0. The first-order chi connectivity index (χ1) is 12.9. The zero-order chi connectivity index (χ0) is 18.8. The largest absolute Gasteiger partial charge is 0.433 e. The van der Waals surface area contributed by atoms with E-state index in [1.54, 1.807) is 23.0 Å². The molecule has 1 aliphatic rings. The molecule has 1 saturated carbocycles. The fourth-order valence-electron chi connectivity index (χ4n) is 3.62. The molecule has 2 unspecified atom stereocenters. The van der Waals surface area contributed by atoms with Crippen LogP contribution < -0.4 is 0 Å². The van der Waals surface area contributed by atoms with E-state index in [2.05, 4.69) is 15.1 Å². The minimum atomic E-state index is -4.44. The predicted octanol–water partition coefficient (Wildman–Crippen LogP) is 5.22. The number of nitrogens with zero attached hydrogens (tertiary/aromatic N) is 4. The monoisotopic (exact) mass is 388 g/mol. The number of fused-ring (bicyclic) bond motifs is 2.